The fourth-order valence-corrected chi connectivity index (χ4v) is 3.13. The van der Waals surface area contributed by atoms with Gasteiger partial charge in [0.2, 0.25) is 0 Å². The molecule has 0 unspecified atom stereocenters. The number of nitrogens with zero attached hydrogens (tertiary/aromatic N) is 1. The van der Waals surface area contributed by atoms with Crippen molar-refractivity contribution in [2.75, 3.05) is 14.1 Å². The zero-order chi connectivity index (χ0) is 16.6. The number of hydrogen-bond donors (Lipinski definition) is 2. The summed E-state index contributed by atoms with van der Waals surface area (Å²) in [6.45, 7) is 1.89. The molecule has 0 aromatic heterocycles. The fourth-order valence-electron chi connectivity index (χ4n) is 2.86. The van der Waals surface area contributed by atoms with Crippen LogP contribution in [0.4, 0.5) is 0 Å². The predicted octanol–water partition coefficient (Wildman–Crippen LogP) is 2.72. The lowest BCUT2D eigenvalue weighted by atomic mass is 9.93. The summed E-state index contributed by atoms with van der Waals surface area (Å²) in [4.78, 5) is 14.2. The van der Waals surface area contributed by atoms with E-state index in [1.807, 2.05) is 25.1 Å². The first-order valence-corrected chi connectivity index (χ1v) is 7.87. The van der Waals surface area contributed by atoms with Gasteiger partial charge in [-0.3, -0.25) is 4.79 Å². The largest absolute Gasteiger partial charge is 0.351 e. The molecule has 0 spiro atoms. The summed E-state index contributed by atoms with van der Waals surface area (Å²) in [5.41, 5.74) is 2.52. The number of amides is 1. The molecule has 2 aromatic rings. The van der Waals surface area contributed by atoms with Crippen molar-refractivity contribution in [3.05, 3.63) is 59.3 Å². The number of carbonyl (C=O) groups is 1. The molecule has 0 aliphatic carbocycles. The van der Waals surface area contributed by atoms with Crippen molar-refractivity contribution >= 4 is 34.0 Å². The summed E-state index contributed by atoms with van der Waals surface area (Å²) in [6.07, 6.45) is 0. The van der Waals surface area contributed by atoms with Gasteiger partial charge >= 0.3 is 0 Å². The Morgan fingerprint density at radius 2 is 1.83 bits per heavy atom. The first-order chi connectivity index (χ1) is 11.0. The Morgan fingerprint density at radius 3 is 2.52 bits per heavy atom. The van der Waals surface area contributed by atoms with Crippen molar-refractivity contribution in [2.45, 2.75) is 13.0 Å². The number of thiocarbonyl (C=S) groups is 1. The first-order valence-electron chi connectivity index (χ1n) is 7.46. The van der Waals surface area contributed by atoms with E-state index in [1.54, 1.807) is 19.0 Å². The summed E-state index contributed by atoms with van der Waals surface area (Å²) >= 11 is 5.28. The van der Waals surface area contributed by atoms with E-state index >= 15 is 0 Å². The third kappa shape index (κ3) is 2.92. The third-order valence-electron chi connectivity index (χ3n) is 4.01. The second-order valence-electron chi connectivity index (χ2n) is 5.88. The van der Waals surface area contributed by atoms with Crippen molar-refractivity contribution in [1.82, 2.24) is 15.5 Å². The highest BCUT2D eigenvalue weighted by Crippen LogP contribution is 2.29. The molecule has 1 amide bonds. The van der Waals surface area contributed by atoms with Crippen LogP contribution < -0.4 is 10.6 Å². The Balaban J connectivity index is 2.11. The SMILES string of the molecule is CC1=C(C(=O)N(C)C)[C@@H](c2ccc3ccccc3c2)NC(=S)N1. The maximum Gasteiger partial charge on any atom is 0.253 e. The molecule has 2 N–H and O–H groups in total. The molecule has 1 atom stereocenters. The number of carbonyl (C=O) groups excluding carboxylic acids is 1. The van der Waals surface area contributed by atoms with Crippen molar-refractivity contribution in [3.63, 3.8) is 0 Å². The highest BCUT2D eigenvalue weighted by atomic mass is 32.1. The van der Waals surface area contributed by atoms with Crippen LogP contribution in [-0.4, -0.2) is 30.0 Å². The molecule has 3 rings (SSSR count). The van der Waals surface area contributed by atoms with E-state index in [4.69, 9.17) is 12.2 Å². The molecular formula is C18H19N3OS. The van der Waals surface area contributed by atoms with Crippen LogP contribution in [0.5, 0.6) is 0 Å². The molecule has 23 heavy (non-hydrogen) atoms. The normalized spacial score (nSPS) is 17.7. The molecule has 5 heteroatoms. The van der Waals surface area contributed by atoms with Gasteiger partial charge in [-0.15, -0.1) is 0 Å². The van der Waals surface area contributed by atoms with Crippen LogP contribution in [0.1, 0.15) is 18.5 Å². The van der Waals surface area contributed by atoms with Crippen LogP contribution in [0.15, 0.2) is 53.7 Å². The standard InChI is InChI=1S/C18H19N3OS/c1-11-15(17(22)21(2)3)16(20-18(23)19-11)14-9-8-12-6-4-5-7-13(12)10-14/h4-10,16H,1-3H3,(H2,19,20,23)/t16-/m1/s1. The van der Waals surface area contributed by atoms with Gasteiger partial charge in [-0.2, -0.15) is 0 Å². The van der Waals surface area contributed by atoms with Crippen molar-refractivity contribution in [1.29, 1.82) is 0 Å². The van der Waals surface area contributed by atoms with Crippen LogP contribution in [0, 0.1) is 0 Å². The molecule has 118 valence electrons. The van der Waals surface area contributed by atoms with E-state index in [-0.39, 0.29) is 11.9 Å². The molecule has 0 fully saturated rings. The van der Waals surface area contributed by atoms with E-state index in [1.165, 1.54) is 5.39 Å². The summed E-state index contributed by atoms with van der Waals surface area (Å²) in [6, 6.07) is 14.2. The van der Waals surface area contributed by atoms with Gasteiger partial charge in [0, 0.05) is 19.8 Å². The Bertz CT molecular complexity index is 826. The minimum atomic E-state index is -0.247. The number of hydrogen-bond acceptors (Lipinski definition) is 2. The van der Waals surface area contributed by atoms with Gasteiger partial charge < -0.3 is 15.5 Å². The van der Waals surface area contributed by atoms with Crippen molar-refractivity contribution in [3.8, 4) is 0 Å². The number of likely N-dealkylation sites (N-methyl/N-ethyl adjacent to an activating group) is 1. The second kappa shape index (κ2) is 6.01. The lowest BCUT2D eigenvalue weighted by Crippen LogP contribution is -2.46. The third-order valence-corrected chi connectivity index (χ3v) is 4.23. The fraction of sp³-hybridized carbons (Fsp3) is 0.222. The van der Waals surface area contributed by atoms with Gasteiger partial charge in [0.1, 0.15) is 0 Å². The van der Waals surface area contributed by atoms with Gasteiger partial charge in [0.25, 0.3) is 5.91 Å². The quantitative estimate of drug-likeness (QED) is 0.834. The van der Waals surface area contributed by atoms with Gasteiger partial charge in [0.15, 0.2) is 5.11 Å². The molecule has 1 aliphatic heterocycles. The summed E-state index contributed by atoms with van der Waals surface area (Å²) in [7, 11) is 3.51. The van der Waals surface area contributed by atoms with Gasteiger partial charge in [0.05, 0.1) is 11.6 Å². The smallest absolute Gasteiger partial charge is 0.253 e. The predicted molar refractivity (Wildman–Crippen MR) is 97.0 cm³/mol. The minimum absolute atomic E-state index is 0.0249. The van der Waals surface area contributed by atoms with Crippen LogP contribution in [-0.2, 0) is 4.79 Å². The van der Waals surface area contributed by atoms with E-state index in [0.29, 0.717) is 10.7 Å². The topological polar surface area (TPSA) is 44.4 Å². The zero-order valence-corrected chi connectivity index (χ0v) is 14.2. The minimum Gasteiger partial charge on any atom is -0.351 e. The van der Waals surface area contributed by atoms with Crippen molar-refractivity contribution in [2.24, 2.45) is 0 Å². The van der Waals surface area contributed by atoms with Crippen LogP contribution >= 0.6 is 12.2 Å². The van der Waals surface area contributed by atoms with Crippen LogP contribution in [0.3, 0.4) is 0 Å². The van der Waals surface area contributed by atoms with E-state index < -0.39 is 0 Å². The highest BCUT2D eigenvalue weighted by molar-refractivity contribution is 7.80. The number of rotatable bonds is 2. The molecule has 0 bridgehead atoms. The number of fused-ring (bicyclic) bond motifs is 1. The summed E-state index contributed by atoms with van der Waals surface area (Å²) < 4.78 is 0. The molecule has 0 saturated heterocycles. The molecule has 0 saturated carbocycles. The van der Waals surface area contributed by atoms with Gasteiger partial charge in [-0.05, 0) is 41.5 Å². The van der Waals surface area contributed by atoms with E-state index in [2.05, 4.69) is 34.9 Å². The number of allylic oxidation sites excluding steroid dienone is 1. The molecular weight excluding hydrogens is 306 g/mol. The number of nitrogens with one attached hydrogen (secondary N) is 2. The second-order valence-corrected chi connectivity index (χ2v) is 6.28. The van der Waals surface area contributed by atoms with Gasteiger partial charge in [-0.25, -0.2) is 0 Å². The molecule has 0 radical (unpaired) electrons. The lowest BCUT2D eigenvalue weighted by molar-refractivity contribution is -0.125. The van der Waals surface area contributed by atoms with E-state index in [9.17, 15) is 4.79 Å². The zero-order valence-electron chi connectivity index (χ0n) is 13.4. The number of benzene rings is 2. The maximum absolute atomic E-state index is 12.6. The first kappa shape index (κ1) is 15.5. The Labute approximate surface area is 141 Å². The maximum atomic E-state index is 12.6. The average molecular weight is 325 g/mol. The summed E-state index contributed by atoms with van der Waals surface area (Å²) in [5, 5.41) is 9.14. The average Bonchev–Trinajstić information content (AvgIpc) is 2.53. The summed E-state index contributed by atoms with van der Waals surface area (Å²) in [5.74, 6) is -0.0249. The lowest BCUT2D eigenvalue weighted by Gasteiger charge is -2.31. The Kier molecular flexibility index (Phi) is 4.05. The van der Waals surface area contributed by atoms with Gasteiger partial charge in [-0.1, -0.05) is 36.4 Å². The molecule has 2 aromatic carbocycles. The monoisotopic (exact) mass is 325 g/mol. The Hall–Kier alpha value is -2.40. The Morgan fingerprint density at radius 1 is 1.13 bits per heavy atom. The molecule has 1 aliphatic rings. The van der Waals surface area contributed by atoms with E-state index in [0.717, 1.165) is 16.6 Å². The van der Waals surface area contributed by atoms with Crippen molar-refractivity contribution < 1.29 is 4.79 Å². The molecule has 4 nitrogen and oxygen atoms in total. The highest BCUT2D eigenvalue weighted by Gasteiger charge is 2.30. The molecule has 1 heterocycles. The van der Waals surface area contributed by atoms with Crippen LogP contribution in [0.25, 0.3) is 10.8 Å². The van der Waals surface area contributed by atoms with Crippen LogP contribution in [0.2, 0.25) is 0 Å².